The molecule has 1 atom stereocenters. The van der Waals surface area contributed by atoms with E-state index in [0.29, 0.717) is 0 Å². The molecule has 0 aromatic heterocycles. The molecule has 1 saturated carbocycles. The molecule has 0 bridgehead atoms. The number of hydrogen-bond acceptors (Lipinski definition) is 3. The molecule has 0 amide bonds. The second kappa shape index (κ2) is 6.10. The van der Waals surface area contributed by atoms with Crippen molar-refractivity contribution in [1.29, 1.82) is 0 Å². The van der Waals surface area contributed by atoms with E-state index in [1.165, 1.54) is 18.4 Å². The molecule has 0 heterocycles. The molecule has 2 rings (SSSR count). The number of methoxy groups -OCH3 is 1. The van der Waals surface area contributed by atoms with E-state index < -0.39 is 0 Å². The first-order chi connectivity index (χ1) is 8.72. The Kier molecular flexibility index (Phi) is 4.48. The minimum absolute atomic E-state index is 0.213. The molecule has 1 aromatic rings. The first kappa shape index (κ1) is 13.2. The van der Waals surface area contributed by atoms with Crippen molar-refractivity contribution in [3.63, 3.8) is 0 Å². The molecular formula is C15H23NO2. The van der Waals surface area contributed by atoms with Crippen LogP contribution in [-0.2, 0) is 6.54 Å². The summed E-state index contributed by atoms with van der Waals surface area (Å²) in [6.45, 7) is 5.11. The Balaban J connectivity index is 2.04. The Labute approximate surface area is 109 Å². The van der Waals surface area contributed by atoms with Gasteiger partial charge in [-0.15, -0.1) is 0 Å². The molecule has 3 nitrogen and oxygen atoms in total. The maximum Gasteiger partial charge on any atom is 0.161 e. The minimum atomic E-state index is 0.213. The highest BCUT2D eigenvalue weighted by Crippen LogP contribution is 2.29. The summed E-state index contributed by atoms with van der Waals surface area (Å²) in [6, 6.07) is 6.89. The standard InChI is InChI=1S/C15H23NO2/c1-4-11(2)18-15-9-12(5-8-14(15)17-3)10-16-13-6-7-13/h5,8-9,11,13,16H,4,6-7,10H2,1-3H3. The average molecular weight is 249 g/mol. The molecule has 1 aliphatic rings. The van der Waals surface area contributed by atoms with Crippen LogP contribution >= 0.6 is 0 Å². The Morgan fingerprint density at radius 1 is 1.33 bits per heavy atom. The molecule has 1 aromatic carbocycles. The molecule has 100 valence electrons. The molecule has 0 radical (unpaired) electrons. The molecule has 1 unspecified atom stereocenters. The fraction of sp³-hybridized carbons (Fsp3) is 0.600. The van der Waals surface area contributed by atoms with Crippen molar-refractivity contribution < 1.29 is 9.47 Å². The van der Waals surface area contributed by atoms with E-state index in [1.54, 1.807) is 7.11 Å². The molecular weight excluding hydrogens is 226 g/mol. The second-order valence-corrected chi connectivity index (χ2v) is 4.98. The summed E-state index contributed by atoms with van der Waals surface area (Å²) in [5.74, 6) is 1.66. The van der Waals surface area contributed by atoms with E-state index in [2.05, 4.69) is 31.3 Å². The second-order valence-electron chi connectivity index (χ2n) is 4.98. The van der Waals surface area contributed by atoms with Crippen LogP contribution in [0.5, 0.6) is 11.5 Å². The number of benzene rings is 1. The van der Waals surface area contributed by atoms with Crippen LogP contribution in [0.25, 0.3) is 0 Å². The summed E-state index contributed by atoms with van der Waals surface area (Å²) in [5, 5.41) is 3.51. The summed E-state index contributed by atoms with van der Waals surface area (Å²) in [6.07, 6.45) is 3.83. The van der Waals surface area contributed by atoms with Crippen LogP contribution < -0.4 is 14.8 Å². The molecule has 1 N–H and O–H groups in total. The number of hydrogen-bond donors (Lipinski definition) is 1. The van der Waals surface area contributed by atoms with Crippen LogP contribution in [0.15, 0.2) is 18.2 Å². The molecule has 18 heavy (non-hydrogen) atoms. The highest BCUT2D eigenvalue weighted by atomic mass is 16.5. The SMILES string of the molecule is CCC(C)Oc1cc(CNC2CC2)ccc1OC. The van der Waals surface area contributed by atoms with Crippen molar-refractivity contribution in [2.24, 2.45) is 0 Å². The van der Waals surface area contributed by atoms with Crippen LogP contribution in [-0.4, -0.2) is 19.3 Å². The lowest BCUT2D eigenvalue weighted by molar-refractivity contribution is 0.207. The molecule has 1 aliphatic carbocycles. The zero-order valence-corrected chi connectivity index (χ0v) is 11.5. The molecule has 3 heteroatoms. The van der Waals surface area contributed by atoms with Crippen LogP contribution in [0.4, 0.5) is 0 Å². The van der Waals surface area contributed by atoms with E-state index in [9.17, 15) is 0 Å². The average Bonchev–Trinajstić information content (AvgIpc) is 3.20. The quantitative estimate of drug-likeness (QED) is 0.805. The normalized spacial score (nSPS) is 16.4. The topological polar surface area (TPSA) is 30.5 Å². The summed E-state index contributed by atoms with van der Waals surface area (Å²) >= 11 is 0. The van der Waals surface area contributed by atoms with Crippen LogP contribution in [0.3, 0.4) is 0 Å². The van der Waals surface area contributed by atoms with Gasteiger partial charge in [0.05, 0.1) is 13.2 Å². The fourth-order valence-corrected chi connectivity index (χ4v) is 1.77. The molecule has 0 spiro atoms. The smallest absolute Gasteiger partial charge is 0.161 e. The van der Waals surface area contributed by atoms with E-state index in [0.717, 1.165) is 30.5 Å². The molecule has 1 fully saturated rings. The van der Waals surface area contributed by atoms with E-state index >= 15 is 0 Å². The van der Waals surface area contributed by atoms with Crippen LogP contribution in [0, 0.1) is 0 Å². The zero-order chi connectivity index (χ0) is 13.0. The largest absolute Gasteiger partial charge is 0.493 e. The zero-order valence-electron chi connectivity index (χ0n) is 11.5. The summed E-state index contributed by atoms with van der Waals surface area (Å²) < 4.78 is 11.2. The third-order valence-electron chi connectivity index (χ3n) is 3.30. The van der Waals surface area contributed by atoms with Crippen LogP contribution in [0.1, 0.15) is 38.7 Å². The third-order valence-corrected chi connectivity index (χ3v) is 3.30. The lowest BCUT2D eigenvalue weighted by Crippen LogP contribution is -2.16. The summed E-state index contributed by atoms with van der Waals surface area (Å²) in [7, 11) is 1.68. The van der Waals surface area contributed by atoms with Gasteiger partial charge in [0.25, 0.3) is 0 Å². The monoisotopic (exact) mass is 249 g/mol. The Morgan fingerprint density at radius 3 is 2.72 bits per heavy atom. The third kappa shape index (κ3) is 3.64. The number of rotatable bonds is 7. The maximum atomic E-state index is 5.90. The summed E-state index contributed by atoms with van der Waals surface area (Å²) in [5.41, 5.74) is 1.25. The molecule has 0 aliphatic heterocycles. The first-order valence-corrected chi connectivity index (χ1v) is 6.80. The van der Waals surface area contributed by atoms with E-state index in [-0.39, 0.29) is 6.10 Å². The van der Waals surface area contributed by atoms with Gasteiger partial charge in [0.1, 0.15) is 0 Å². The Hall–Kier alpha value is -1.22. The maximum absolute atomic E-state index is 5.90. The van der Waals surface area contributed by atoms with Gasteiger partial charge < -0.3 is 14.8 Å². The lowest BCUT2D eigenvalue weighted by Gasteiger charge is -2.16. The minimum Gasteiger partial charge on any atom is -0.493 e. The highest BCUT2D eigenvalue weighted by molar-refractivity contribution is 5.43. The lowest BCUT2D eigenvalue weighted by atomic mass is 10.2. The van der Waals surface area contributed by atoms with Gasteiger partial charge >= 0.3 is 0 Å². The Bertz CT molecular complexity index is 388. The van der Waals surface area contributed by atoms with E-state index in [1.807, 2.05) is 6.07 Å². The first-order valence-electron chi connectivity index (χ1n) is 6.80. The van der Waals surface area contributed by atoms with Crippen molar-refractivity contribution in [2.75, 3.05) is 7.11 Å². The van der Waals surface area contributed by atoms with Crippen molar-refractivity contribution in [2.45, 2.75) is 51.8 Å². The Morgan fingerprint density at radius 2 is 2.11 bits per heavy atom. The van der Waals surface area contributed by atoms with Crippen molar-refractivity contribution in [3.8, 4) is 11.5 Å². The predicted molar refractivity (Wildman–Crippen MR) is 73.2 cm³/mol. The molecule has 0 saturated heterocycles. The van der Waals surface area contributed by atoms with Gasteiger partial charge in [0.15, 0.2) is 11.5 Å². The van der Waals surface area contributed by atoms with Crippen molar-refractivity contribution in [1.82, 2.24) is 5.32 Å². The fourth-order valence-electron chi connectivity index (χ4n) is 1.77. The number of nitrogens with one attached hydrogen (secondary N) is 1. The van der Waals surface area contributed by atoms with Gasteiger partial charge in [0.2, 0.25) is 0 Å². The van der Waals surface area contributed by atoms with Crippen LogP contribution in [0.2, 0.25) is 0 Å². The summed E-state index contributed by atoms with van der Waals surface area (Å²) in [4.78, 5) is 0. The highest BCUT2D eigenvalue weighted by Gasteiger charge is 2.20. The van der Waals surface area contributed by atoms with Crippen molar-refractivity contribution >= 4 is 0 Å². The number of ether oxygens (including phenoxy) is 2. The van der Waals surface area contributed by atoms with Gasteiger partial charge in [-0.2, -0.15) is 0 Å². The van der Waals surface area contributed by atoms with E-state index in [4.69, 9.17) is 9.47 Å². The predicted octanol–water partition coefficient (Wildman–Crippen LogP) is 3.12. The van der Waals surface area contributed by atoms with Gasteiger partial charge in [-0.05, 0) is 43.9 Å². The van der Waals surface area contributed by atoms with Gasteiger partial charge in [-0.3, -0.25) is 0 Å². The van der Waals surface area contributed by atoms with Gasteiger partial charge in [0, 0.05) is 12.6 Å². The van der Waals surface area contributed by atoms with Gasteiger partial charge in [-0.1, -0.05) is 13.0 Å². The van der Waals surface area contributed by atoms with Crippen molar-refractivity contribution in [3.05, 3.63) is 23.8 Å². The van der Waals surface area contributed by atoms with Gasteiger partial charge in [-0.25, -0.2) is 0 Å².